The van der Waals surface area contributed by atoms with Gasteiger partial charge in [0.25, 0.3) is 10.9 Å². The fourth-order valence-electron chi connectivity index (χ4n) is 4.36. The van der Waals surface area contributed by atoms with Crippen LogP contribution in [-0.2, 0) is 19.5 Å². The number of hydrogen-bond donors (Lipinski definition) is 2. The molecular weight excluding hydrogens is 562 g/mol. The maximum atomic E-state index is 13.3. The lowest BCUT2D eigenvalue weighted by Gasteiger charge is -2.22. The number of benzene rings is 2. The second kappa shape index (κ2) is 15.1. The van der Waals surface area contributed by atoms with Crippen LogP contribution in [0.25, 0.3) is 0 Å². The summed E-state index contributed by atoms with van der Waals surface area (Å²) in [5, 5.41) is 5.97. The lowest BCUT2D eigenvalue weighted by Crippen LogP contribution is -2.35. The summed E-state index contributed by atoms with van der Waals surface area (Å²) in [5.41, 5.74) is -0.116. The van der Waals surface area contributed by atoms with Gasteiger partial charge in [-0.05, 0) is 49.2 Å². The largest absolute Gasteiger partial charge is 0.487 e. The molecule has 1 aliphatic rings. The Bertz CT molecular complexity index is 1480. The molecule has 0 aromatic heterocycles. The van der Waals surface area contributed by atoms with Gasteiger partial charge in [0.2, 0.25) is 10.0 Å². The van der Waals surface area contributed by atoms with E-state index in [9.17, 15) is 18.0 Å². The zero-order valence-electron chi connectivity index (χ0n) is 24.1. The molecule has 0 unspecified atom stereocenters. The normalized spacial score (nSPS) is 14.7. The van der Waals surface area contributed by atoms with Crippen LogP contribution in [0.2, 0.25) is 0 Å². The van der Waals surface area contributed by atoms with Crippen molar-refractivity contribution < 1.29 is 27.4 Å². The molecule has 2 N–H and O–H groups in total. The fourth-order valence-corrected chi connectivity index (χ4v) is 5.88. The van der Waals surface area contributed by atoms with Gasteiger partial charge in [0.05, 0.1) is 31.3 Å². The first kappa shape index (κ1) is 31.5. The van der Waals surface area contributed by atoms with Crippen LogP contribution in [0.15, 0.2) is 56.9 Å². The highest BCUT2D eigenvalue weighted by atomic mass is 32.2. The van der Waals surface area contributed by atoms with E-state index in [-0.39, 0.29) is 16.3 Å². The number of hydrogen-bond acceptors (Lipinski definition) is 10. The van der Waals surface area contributed by atoms with Gasteiger partial charge in [-0.2, -0.15) is 4.31 Å². The van der Waals surface area contributed by atoms with E-state index in [0.29, 0.717) is 75.6 Å². The van der Waals surface area contributed by atoms with E-state index in [1.807, 2.05) is 13.8 Å². The van der Waals surface area contributed by atoms with E-state index in [4.69, 9.17) is 18.9 Å². The van der Waals surface area contributed by atoms with E-state index in [1.54, 1.807) is 30.3 Å². The molecule has 0 spiro atoms. The lowest BCUT2D eigenvalue weighted by atomic mass is 10.1. The molecule has 0 radical (unpaired) electrons. The molecule has 3 aromatic carbocycles. The predicted octanol–water partition coefficient (Wildman–Crippen LogP) is 4.17. The monoisotopic (exact) mass is 601 g/mol. The third-order valence-electron chi connectivity index (χ3n) is 6.75. The van der Waals surface area contributed by atoms with Crippen molar-refractivity contribution >= 4 is 32.8 Å². The van der Waals surface area contributed by atoms with Crippen molar-refractivity contribution in [2.45, 2.75) is 44.4 Å². The van der Waals surface area contributed by atoms with Gasteiger partial charge in [-0.25, -0.2) is 8.42 Å². The summed E-state index contributed by atoms with van der Waals surface area (Å²) < 4.78 is 50.6. The molecule has 0 saturated heterocycles. The molecule has 0 fully saturated rings. The number of ether oxygens (including phenoxy) is 4. The van der Waals surface area contributed by atoms with Crippen molar-refractivity contribution in [1.82, 2.24) is 4.31 Å². The SMILES string of the molecule is CCCCN(CCCC)S(=O)(=O)c1ccc(Nc2c(Nc3ccc4c(c3)OCCOCCOCCO4)c(=O)c2=O)cc1. The summed E-state index contributed by atoms with van der Waals surface area (Å²) in [6.07, 6.45) is 3.37. The second-order valence-corrected chi connectivity index (χ2v) is 11.8. The van der Waals surface area contributed by atoms with Gasteiger partial charge in [0.15, 0.2) is 11.5 Å². The highest BCUT2D eigenvalue weighted by molar-refractivity contribution is 7.89. The fraction of sp³-hybridized carbons (Fsp3) is 0.467. The first-order valence-electron chi connectivity index (χ1n) is 14.4. The Morgan fingerprint density at radius 1 is 0.690 bits per heavy atom. The number of nitrogens with one attached hydrogen (secondary N) is 2. The Hall–Kier alpha value is -3.45. The molecule has 228 valence electrons. The first-order chi connectivity index (χ1) is 20.3. The van der Waals surface area contributed by atoms with Crippen molar-refractivity contribution in [2.75, 3.05) is 63.4 Å². The minimum atomic E-state index is -3.65. The summed E-state index contributed by atoms with van der Waals surface area (Å²) >= 11 is 0. The third-order valence-corrected chi connectivity index (χ3v) is 8.66. The minimum absolute atomic E-state index is 0.0959. The van der Waals surface area contributed by atoms with E-state index < -0.39 is 20.9 Å². The van der Waals surface area contributed by atoms with Gasteiger partial charge in [0, 0.05) is 30.5 Å². The van der Waals surface area contributed by atoms with Crippen LogP contribution in [0.1, 0.15) is 39.5 Å². The molecule has 0 bridgehead atoms. The van der Waals surface area contributed by atoms with Crippen LogP contribution in [-0.4, -0.2) is 65.5 Å². The number of unbranched alkanes of at least 4 members (excludes halogenated alkanes) is 2. The Kier molecular flexibility index (Phi) is 11.4. The first-order valence-corrected chi connectivity index (χ1v) is 15.8. The number of fused-ring (bicyclic) bond motifs is 1. The molecular formula is C30H39N3O8S. The van der Waals surface area contributed by atoms with Gasteiger partial charge < -0.3 is 29.6 Å². The van der Waals surface area contributed by atoms with Crippen molar-refractivity contribution in [3.63, 3.8) is 0 Å². The summed E-state index contributed by atoms with van der Waals surface area (Å²) in [6, 6.07) is 11.3. The maximum absolute atomic E-state index is 13.3. The molecule has 1 heterocycles. The lowest BCUT2D eigenvalue weighted by molar-refractivity contribution is 0.0223. The van der Waals surface area contributed by atoms with Gasteiger partial charge in [-0.3, -0.25) is 9.59 Å². The molecule has 3 aromatic rings. The molecule has 12 heteroatoms. The van der Waals surface area contributed by atoms with Crippen LogP contribution in [0.4, 0.5) is 22.7 Å². The number of rotatable bonds is 12. The molecule has 0 saturated carbocycles. The predicted molar refractivity (Wildman–Crippen MR) is 162 cm³/mol. The van der Waals surface area contributed by atoms with Gasteiger partial charge >= 0.3 is 0 Å². The molecule has 0 aliphatic carbocycles. The van der Waals surface area contributed by atoms with Gasteiger partial charge in [-0.15, -0.1) is 0 Å². The summed E-state index contributed by atoms with van der Waals surface area (Å²) in [7, 11) is -3.65. The number of nitrogens with zero attached hydrogens (tertiary/aromatic N) is 1. The van der Waals surface area contributed by atoms with Crippen LogP contribution in [0, 0.1) is 0 Å². The molecule has 42 heavy (non-hydrogen) atoms. The van der Waals surface area contributed by atoms with Crippen LogP contribution >= 0.6 is 0 Å². The Morgan fingerprint density at radius 2 is 1.19 bits per heavy atom. The van der Waals surface area contributed by atoms with Crippen molar-refractivity contribution in [3.8, 4) is 11.5 Å². The Balaban J connectivity index is 1.48. The zero-order valence-corrected chi connectivity index (χ0v) is 25.0. The Morgan fingerprint density at radius 3 is 1.76 bits per heavy atom. The highest BCUT2D eigenvalue weighted by Crippen LogP contribution is 2.33. The standard InChI is InChI=1S/C30H39N3O8S/c1-3-5-13-33(14-6-4-2)42(36,37)24-10-7-22(8-11-24)31-27-28(30(35)29(27)34)32-23-9-12-25-26(21-23)41-20-18-39-16-15-38-17-19-40-25/h7-12,21,31-32H,3-6,13-20H2,1-2H3. The molecule has 11 nitrogen and oxygen atoms in total. The quantitative estimate of drug-likeness (QED) is 0.292. The van der Waals surface area contributed by atoms with E-state index in [2.05, 4.69) is 10.6 Å². The molecule has 1 aliphatic heterocycles. The zero-order chi connectivity index (χ0) is 30.0. The average molecular weight is 602 g/mol. The summed E-state index contributed by atoms with van der Waals surface area (Å²) in [6.45, 7) is 7.37. The van der Waals surface area contributed by atoms with Crippen molar-refractivity contribution in [2.24, 2.45) is 0 Å². The van der Waals surface area contributed by atoms with Gasteiger partial charge in [-0.1, -0.05) is 26.7 Å². The second-order valence-electron chi connectivity index (χ2n) is 9.88. The third kappa shape index (κ3) is 7.88. The highest BCUT2D eigenvalue weighted by Gasteiger charge is 2.25. The van der Waals surface area contributed by atoms with E-state index >= 15 is 0 Å². The smallest absolute Gasteiger partial charge is 0.253 e. The summed E-state index contributed by atoms with van der Waals surface area (Å²) in [5.74, 6) is 0.979. The summed E-state index contributed by atoms with van der Waals surface area (Å²) in [4.78, 5) is 25.1. The van der Waals surface area contributed by atoms with Crippen molar-refractivity contribution in [1.29, 1.82) is 0 Å². The number of sulfonamides is 1. The number of anilines is 4. The topological polar surface area (TPSA) is 132 Å². The molecule has 0 amide bonds. The van der Waals surface area contributed by atoms with Crippen LogP contribution < -0.4 is 31.0 Å². The van der Waals surface area contributed by atoms with Crippen LogP contribution in [0.5, 0.6) is 11.5 Å². The van der Waals surface area contributed by atoms with Gasteiger partial charge in [0.1, 0.15) is 24.6 Å². The van der Waals surface area contributed by atoms with E-state index in [0.717, 1.165) is 25.7 Å². The van der Waals surface area contributed by atoms with Crippen LogP contribution in [0.3, 0.4) is 0 Å². The average Bonchev–Trinajstić information content (AvgIpc) is 2.99. The maximum Gasteiger partial charge on any atom is 0.253 e. The van der Waals surface area contributed by atoms with E-state index in [1.165, 1.54) is 16.4 Å². The molecule has 4 rings (SSSR count). The van der Waals surface area contributed by atoms with Crippen molar-refractivity contribution in [3.05, 3.63) is 62.9 Å². The Labute approximate surface area is 246 Å². The molecule has 0 atom stereocenters. The minimum Gasteiger partial charge on any atom is -0.487 e.